The molecular formula is C18H26N4O6S2. The van der Waals surface area contributed by atoms with E-state index < -0.39 is 54.5 Å². The molecule has 3 amide bonds. The van der Waals surface area contributed by atoms with Crippen molar-refractivity contribution in [2.45, 2.75) is 30.6 Å². The summed E-state index contributed by atoms with van der Waals surface area (Å²) in [4.78, 5) is 47.8. The summed E-state index contributed by atoms with van der Waals surface area (Å²) in [7, 11) is 0. The molecule has 0 aliphatic heterocycles. The lowest BCUT2D eigenvalue weighted by molar-refractivity contribution is -0.141. The van der Waals surface area contributed by atoms with Gasteiger partial charge in [-0.15, -0.1) is 0 Å². The summed E-state index contributed by atoms with van der Waals surface area (Å²) < 4.78 is 0. The van der Waals surface area contributed by atoms with Crippen LogP contribution in [0.4, 0.5) is 0 Å². The molecule has 0 heterocycles. The fourth-order valence-electron chi connectivity index (χ4n) is 2.36. The van der Waals surface area contributed by atoms with Crippen molar-refractivity contribution in [2.75, 3.05) is 18.1 Å². The SMILES string of the molecule is NC(Cc1ccccc1)C(=O)NC(CS)C(=O)NC(CO)C(=O)NC(CS)C(=O)O. The van der Waals surface area contributed by atoms with Crippen LogP contribution in [0.1, 0.15) is 5.56 Å². The van der Waals surface area contributed by atoms with Crippen LogP contribution in [0.2, 0.25) is 0 Å². The number of carbonyl (C=O) groups excluding carboxylic acids is 3. The van der Waals surface area contributed by atoms with Crippen molar-refractivity contribution in [1.29, 1.82) is 0 Å². The number of hydrogen-bond donors (Lipinski definition) is 8. The number of aliphatic hydroxyl groups excluding tert-OH is 1. The van der Waals surface area contributed by atoms with Crippen molar-refractivity contribution in [1.82, 2.24) is 16.0 Å². The summed E-state index contributed by atoms with van der Waals surface area (Å²) in [6, 6.07) is 4.35. The number of carboxylic acid groups (broad SMARTS) is 1. The molecule has 166 valence electrons. The van der Waals surface area contributed by atoms with Crippen LogP contribution in [0.15, 0.2) is 30.3 Å². The molecule has 0 aliphatic carbocycles. The molecule has 0 spiro atoms. The maximum atomic E-state index is 12.4. The highest BCUT2D eigenvalue weighted by Gasteiger charge is 2.29. The van der Waals surface area contributed by atoms with Gasteiger partial charge in [0.05, 0.1) is 12.6 Å². The normalized spacial score (nSPS) is 14.7. The van der Waals surface area contributed by atoms with Crippen LogP contribution in [-0.4, -0.2) is 76.2 Å². The van der Waals surface area contributed by atoms with Gasteiger partial charge in [-0.25, -0.2) is 4.79 Å². The van der Waals surface area contributed by atoms with E-state index in [0.717, 1.165) is 5.56 Å². The molecule has 0 saturated carbocycles. The molecule has 4 unspecified atom stereocenters. The Hall–Kier alpha value is -2.28. The second-order valence-electron chi connectivity index (χ2n) is 6.37. The highest BCUT2D eigenvalue weighted by atomic mass is 32.1. The van der Waals surface area contributed by atoms with Gasteiger partial charge in [0, 0.05) is 11.5 Å². The van der Waals surface area contributed by atoms with E-state index in [1.807, 2.05) is 30.3 Å². The first-order valence-electron chi connectivity index (χ1n) is 8.99. The van der Waals surface area contributed by atoms with Crippen LogP contribution in [0.5, 0.6) is 0 Å². The zero-order chi connectivity index (χ0) is 22.7. The Bertz CT molecular complexity index is 737. The van der Waals surface area contributed by atoms with E-state index in [9.17, 15) is 24.3 Å². The molecule has 1 rings (SSSR count). The monoisotopic (exact) mass is 458 g/mol. The Morgan fingerprint density at radius 1 is 0.867 bits per heavy atom. The second-order valence-corrected chi connectivity index (χ2v) is 7.10. The van der Waals surface area contributed by atoms with Gasteiger partial charge in [-0.3, -0.25) is 14.4 Å². The van der Waals surface area contributed by atoms with Crippen LogP contribution in [0.3, 0.4) is 0 Å². The average Bonchev–Trinajstić information content (AvgIpc) is 2.73. The molecule has 0 bridgehead atoms. The Morgan fingerprint density at radius 2 is 1.37 bits per heavy atom. The minimum Gasteiger partial charge on any atom is -0.480 e. The van der Waals surface area contributed by atoms with Crippen molar-refractivity contribution >= 4 is 48.9 Å². The van der Waals surface area contributed by atoms with E-state index in [1.165, 1.54) is 0 Å². The molecule has 4 atom stereocenters. The Labute approximate surface area is 184 Å². The van der Waals surface area contributed by atoms with Gasteiger partial charge in [-0.05, 0) is 12.0 Å². The molecule has 7 N–H and O–H groups in total. The first kappa shape index (κ1) is 25.8. The van der Waals surface area contributed by atoms with Crippen LogP contribution in [-0.2, 0) is 25.6 Å². The molecular weight excluding hydrogens is 432 g/mol. The molecule has 0 radical (unpaired) electrons. The standard InChI is InChI=1S/C18H26N4O6S2/c19-11(6-10-4-2-1-3-5-10)15(24)21-13(8-29)17(26)20-12(7-23)16(25)22-14(9-30)18(27)28/h1-5,11-14,23,29-30H,6-9,19H2,(H,20,26)(H,21,24)(H,22,25)(H,27,28). The van der Waals surface area contributed by atoms with E-state index >= 15 is 0 Å². The predicted molar refractivity (Wildman–Crippen MR) is 116 cm³/mol. The third kappa shape index (κ3) is 8.22. The lowest BCUT2D eigenvalue weighted by atomic mass is 10.1. The number of nitrogens with two attached hydrogens (primary N) is 1. The summed E-state index contributed by atoms with van der Waals surface area (Å²) in [5.41, 5.74) is 6.74. The molecule has 0 aliphatic rings. The number of aliphatic carboxylic acids is 1. The van der Waals surface area contributed by atoms with Crippen LogP contribution < -0.4 is 21.7 Å². The molecule has 0 fully saturated rings. The fraction of sp³-hybridized carbons (Fsp3) is 0.444. The molecule has 1 aromatic carbocycles. The van der Waals surface area contributed by atoms with Crippen LogP contribution in [0, 0.1) is 0 Å². The first-order valence-corrected chi connectivity index (χ1v) is 10.3. The average molecular weight is 459 g/mol. The Kier molecular flexibility index (Phi) is 11.3. The van der Waals surface area contributed by atoms with Gasteiger partial charge >= 0.3 is 5.97 Å². The minimum atomic E-state index is -1.42. The van der Waals surface area contributed by atoms with Gasteiger partial charge in [-0.2, -0.15) is 25.3 Å². The summed E-state index contributed by atoms with van der Waals surface area (Å²) in [5, 5.41) is 25.2. The van der Waals surface area contributed by atoms with E-state index in [-0.39, 0.29) is 17.9 Å². The maximum absolute atomic E-state index is 12.4. The zero-order valence-corrected chi connectivity index (χ0v) is 17.8. The largest absolute Gasteiger partial charge is 0.480 e. The highest BCUT2D eigenvalue weighted by molar-refractivity contribution is 7.80. The van der Waals surface area contributed by atoms with Crippen molar-refractivity contribution in [3.8, 4) is 0 Å². The van der Waals surface area contributed by atoms with Gasteiger partial charge in [0.25, 0.3) is 0 Å². The number of carboxylic acids is 1. The maximum Gasteiger partial charge on any atom is 0.327 e. The minimum absolute atomic E-state index is 0.0935. The number of benzene rings is 1. The molecule has 0 saturated heterocycles. The number of amides is 3. The summed E-state index contributed by atoms with van der Waals surface area (Å²) >= 11 is 7.85. The number of thiol groups is 2. The topological polar surface area (TPSA) is 171 Å². The van der Waals surface area contributed by atoms with E-state index in [0.29, 0.717) is 0 Å². The van der Waals surface area contributed by atoms with Gasteiger partial charge in [0.1, 0.15) is 18.1 Å². The van der Waals surface area contributed by atoms with Gasteiger partial charge in [-0.1, -0.05) is 30.3 Å². The molecule has 1 aromatic rings. The van der Waals surface area contributed by atoms with Crippen molar-refractivity contribution in [3.05, 3.63) is 35.9 Å². The smallest absolute Gasteiger partial charge is 0.327 e. The third-order valence-electron chi connectivity index (χ3n) is 4.06. The van der Waals surface area contributed by atoms with Crippen molar-refractivity contribution in [2.24, 2.45) is 5.73 Å². The molecule has 0 aromatic heterocycles. The van der Waals surface area contributed by atoms with Gasteiger partial charge in [0.2, 0.25) is 17.7 Å². The van der Waals surface area contributed by atoms with Crippen LogP contribution in [0.25, 0.3) is 0 Å². The molecule has 10 nitrogen and oxygen atoms in total. The third-order valence-corrected chi connectivity index (χ3v) is 4.79. The number of carbonyl (C=O) groups is 4. The summed E-state index contributed by atoms with van der Waals surface area (Å²) in [5.74, 6) is -3.85. The lowest BCUT2D eigenvalue weighted by Gasteiger charge is -2.23. The number of nitrogens with one attached hydrogen (secondary N) is 3. The fourth-order valence-corrected chi connectivity index (χ4v) is 2.86. The van der Waals surface area contributed by atoms with E-state index in [4.69, 9.17) is 10.8 Å². The van der Waals surface area contributed by atoms with Gasteiger partial charge in [0.15, 0.2) is 0 Å². The molecule has 12 heteroatoms. The lowest BCUT2D eigenvalue weighted by Crippen LogP contribution is -2.58. The molecule has 30 heavy (non-hydrogen) atoms. The number of rotatable bonds is 12. The van der Waals surface area contributed by atoms with Crippen LogP contribution >= 0.6 is 25.3 Å². The first-order chi connectivity index (χ1) is 14.2. The number of aliphatic hydroxyl groups is 1. The van der Waals surface area contributed by atoms with Gasteiger partial charge < -0.3 is 31.9 Å². The highest BCUT2D eigenvalue weighted by Crippen LogP contribution is 2.03. The zero-order valence-electron chi connectivity index (χ0n) is 16.0. The van der Waals surface area contributed by atoms with E-state index in [2.05, 4.69) is 41.2 Å². The number of hydrogen-bond acceptors (Lipinski definition) is 8. The Balaban J connectivity index is 2.68. The van der Waals surface area contributed by atoms with E-state index in [1.54, 1.807) is 0 Å². The quantitative estimate of drug-likeness (QED) is 0.167. The summed E-state index contributed by atoms with van der Waals surface area (Å²) in [6.07, 6.45) is 0.259. The second kappa shape index (κ2) is 13.1. The van der Waals surface area contributed by atoms with Crippen molar-refractivity contribution < 1.29 is 29.4 Å². The summed E-state index contributed by atoms with van der Waals surface area (Å²) in [6.45, 7) is -0.781. The van der Waals surface area contributed by atoms with Crippen molar-refractivity contribution in [3.63, 3.8) is 0 Å². The predicted octanol–water partition coefficient (Wildman–Crippen LogP) is -2.05. The Morgan fingerprint density at radius 3 is 1.87 bits per heavy atom.